The summed E-state index contributed by atoms with van der Waals surface area (Å²) in [6.45, 7) is 3.74. The summed E-state index contributed by atoms with van der Waals surface area (Å²) < 4.78 is 1.96. The predicted octanol–water partition coefficient (Wildman–Crippen LogP) is 2.59. The average Bonchev–Trinajstić information content (AvgIpc) is 3.01. The molecule has 0 bridgehead atoms. The van der Waals surface area contributed by atoms with Crippen LogP contribution in [0.4, 0.5) is 0 Å². The molecule has 1 unspecified atom stereocenters. The second-order valence-corrected chi connectivity index (χ2v) is 7.20. The van der Waals surface area contributed by atoms with Crippen molar-refractivity contribution >= 4 is 18.3 Å². The van der Waals surface area contributed by atoms with Crippen molar-refractivity contribution in [3.63, 3.8) is 0 Å². The first-order valence-corrected chi connectivity index (χ1v) is 8.80. The third kappa shape index (κ3) is 4.22. The number of halogens is 1. The lowest BCUT2D eigenvalue weighted by atomic mass is 9.97. The fourth-order valence-electron chi connectivity index (χ4n) is 3.52. The minimum absolute atomic E-state index is 0. The van der Waals surface area contributed by atoms with Gasteiger partial charge in [-0.1, -0.05) is 12.1 Å². The molecule has 0 radical (unpaired) electrons. The number of nitrogens with zero attached hydrogens (tertiary/aromatic N) is 2. The molecule has 2 N–H and O–H groups in total. The van der Waals surface area contributed by atoms with Gasteiger partial charge in [0.15, 0.2) is 0 Å². The van der Waals surface area contributed by atoms with E-state index >= 15 is 0 Å². The molecule has 2 heterocycles. The topological polar surface area (TPSA) is 59.0 Å². The molecule has 25 heavy (non-hydrogen) atoms. The van der Waals surface area contributed by atoms with E-state index in [9.17, 15) is 4.79 Å². The van der Waals surface area contributed by atoms with Crippen molar-refractivity contribution in [2.24, 2.45) is 5.41 Å². The smallest absolute Gasteiger partial charge is 0.251 e. The number of hydrogen-bond acceptors (Lipinski definition) is 3. The Morgan fingerprint density at radius 3 is 2.72 bits per heavy atom. The molecular formula is C19H25ClN4O. The molecule has 1 aromatic heterocycles. The quantitative estimate of drug-likeness (QED) is 0.832. The van der Waals surface area contributed by atoms with E-state index in [1.165, 1.54) is 12.0 Å². The van der Waals surface area contributed by atoms with Crippen LogP contribution < -0.4 is 10.6 Å². The Hall–Kier alpha value is -1.85. The highest BCUT2D eigenvalue weighted by molar-refractivity contribution is 5.94. The van der Waals surface area contributed by atoms with Crippen LogP contribution in [-0.4, -0.2) is 35.3 Å². The van der Waals surface area contributed by atoms with Crippen LogP contribution in [0, 0.1) is 5.41 Å². The highest BCUT2D eigenvalue weighted by Gasteiger charge is 2.43. The normalized spacial score (nSPS) is 20.7. The lowest BCUT2D eigenvalue weighted by Gasteiger charge is -2.16. The summed E-state index contributed by atoms with van der Waals surface area (Å²) >= 11 is 0. The summed E-state index contributed by atoms with van der Waals surface area (Å²) in [4.78, 5) is 12.4. The standard InChI is InChI=1S/C19H24N4O.ClH/c24-18(16-4-2-15(3-5-16)17-6-10-20-12-17)21-13-19(7-8-19)14-23-11-1-9-22-23;/h1-5,9,11,17,20H,6-8,10,12-14H2,(H,21,24);1H. The van der Waals surface area contributed by atoms with Gasteiger partial charge in [-0.05, 0) is 55.5 Å². The van der Waals surface area contributed by atoms with E-state index in [-0.39, 0.29) is 23.7 Å². The van der Waals surface area contributed by atoms with Crippen molar-refractivity contribution in [2.75, 3.05) is 19.6 Å². The second-order valence-electron chi connectivity index (χ2n) is 7.20. The van der Waals surface area contributed by atoms with Crippen molar-refractivity contribution < 1.29 is 4.79 Å². The summed E-state index contributed by atoms with van der Waals surface area (Å²) in [7, 11) is 0. The monoisotopic (exact) mass is 360 g/mol. The molecule has 4 rings (SSSR count). The Balaban J connectivity index is 0.00000182. The fraction of sp³-hybridized carbons (Fsp3) is 0.474. The molecule has 6 heteroatoms. The summed E-state index contributed by atoms with van der Waals surface area (Å²) in [6, 6.07) is 10.1. The summed E-state index contributed by atoms with van der Waals surface area (Å²) in [5.41, 5.74) is 2.27. The van der Waals surface area contributed by atoms with Gasteiger partial charge >= 0.3 is 0 Å². The van der Waals surface area contributed by atoms with Crippen molar-refractivity contribution in [1.82, 2.24) is 20.4 Å². The van der Waals surface area contributed by atoms with Gasteiger partial charge in [-0.3, -0.25) is 9.48 Å². The molecule has 1 aliphatic carbocycles. The van der Waals surface area contributed by atoms with Gasteiger partial charge in [0, 0.05) is 43.0 Å². The highest BCUT2D eigenvalue weighted by atomic mass is 35.5. The van der Waals surface area contributed by atoms with E-state index in [0.717, 1.165) is 44.6 Å². The van der Waals surface area contributed by atoms with Crippen LogP contribution >= 0.6 is 12.4 Å². The third-order valence-electron chi connectivity index (χ3n) is 5.34. The van der Waals surface area contributed by atoms with Gasteiger partial charge in [0.2, 0.25) is 0 Å². The molecular weight excluding hydrogens is 336 g/mol. The SMILES string of the molecule is Cl.O=C(NCC1(Cn2cccn2)CC1)c1ccc(C2CCNC2)cc1. The predicted molar refractivity (Wildman–Crippen MR) is 100 cm³/mol. The van der Waals surface area contributed by atoms with Crippen molar-refractivity contribution in [3.8, 4) is 0 Å². The first kappa shape index (κ1) is 18.0. The number of carbonyl (C=O) groups excluding carboxylic acids is 1. The lowest BCUT2D eigenvalue weighted by Crippen LogP contribution is -2.32. The Morgan fingerprint density at radius 2 is 2.12 bits per heavy atom. The first-order valence-electron chi connectivity index (χ1n) is 8.80. The Morgan fingerprint density at radius 1 is 1.32 bits per heavy atom. The van der Waals surface area contributed by atoms with Gasteiger partial charge in [-0.2, -0.15) is 5.10 Å². The van der Waals surface area contributed by atoms with Gasteiger partial charge in [-0.15, -0.1) is 12.4 Å². The maximum atomic E-state index is 12.4. The van der Waals surface area contributed by atoms with Crippen LogP contribution in [0.3, 0.4) is 0 Å². The van der Waals surface area contributed by atoms with E-state index < -0.39 is 0 Å². The average molecular weight is 361 g/mol. The molecule has 1 aromatic carbocycles. The molecule has 1 atom stereocenters. The van der Waals surface area contributed by atoms with Crippen molar-refractivity contribution in [3.05, 3.63) is 53.9 Å². The van der Waals surface area contributed by atoms with E-state index in [1.807, 2.05) is 29.1 Å². The van der Waals surface area contributed by atoms with Gasteiger partial charge in [0.25, 0.3) is 5.91 Å². The summed E-state index contributed by atoms with van der Waals surface area (Å²) in [5, 5.41) is 10.8. The molecule has 2 aliphatic rings. The van der Waals surface area contributed by atoms with Crippen molar-refractivity contribution in [1.29, 1.82) is 0 Å². The van der Waals surface area contributed by atoms with Gasteiger partial charge in [0.05, 0.1) is 0 Å². The molecule has 5 nitrogen and oxygen atoms in total. The zero-order valence-corrected chi connectivity index (χ0v) is 15.1. The number of benzene rings is 1. The van der Waals surface area contributed by atoms with E-state index in [2.05, 4.69) is 27.9 Å². The third-order valence-corrected chi connectivity index (χ3v) is 5.34. The molecule has 2 aromatic rings. The lowest BCUT2D eigenvalue weighted by molar-refractivity contribution is 0.0942. The fourth-order valence-corrected chi connectivity index (χ4v) is 3.52. The molecule has 1 saturated carbocycles. The first-order chi connectivity index (χ1) is 11.7. The largest absolute Gasteiger partial charge is 0.351 e. The van der Waals surface area contributed by atoms with Crippen LogP contribution in [0.15, 0.2) is 42.7 Å². The maximum Gasteiger partial charge on any atom is 0.251 e. The molecule has 0 spiro atoms. The van der Waals surface area contributed by atoms with Crippen LogP contribution in [0.5, 0.6) is 0 Å². The highest BCUT2D eigenvalue weighted by Crippen LogP contribution is 2.46. The number of amides is 1. The number of aromatic nitrogens is 2. The zero-order chi connectivity index (χ0) is 16.4. The van der Waals surface area contributed by atoms with Crippen LogP contribution in [-0.2, 0) is 6.54 Å². The minimum Gasteiger partial charge on any atom is -0.351 e. The molecule has 1 saturated heterocycles. The molecule has 134 valence electrons. The Bertz CT molecular complexity index is 689. The Kier molecular flexibility index (Phi) is 5.45. The van der Waals surface area contributed by atoms with Crippen LogP contribution in [0.1, 0.15) is 41.1 Å². The molecule has 1 aliphatic heterocycles. The minimum atomic E-state index is 0. The second kappa shape index (κ2) is 7.58. The number of carbonyl (C=O) groups is 1. The molecule has 1 amide bonds. The van der Waals surface area contributed by atoms with Gasteiger partial charge in [0.1, 0.15) is 0 Å². The van der Waals surface area contributed by atoms with Crippen LogP contribution in [0.2, 0.25) is 0 Å². The summed E-state index contributed by atoms with van der Waals surface area (Å²) in [6.07, 6.45) is 7.28. The molecule has 2 fully saturated rings. The maximum absolute atomic E-state index is 12.4. The van der Waals surface area contributed by atoms with Crippen LogP contribution in [0.25, 0.3) is 0 Å². The van der Waals surface area contributed by atoms with Gasteiger partial charge in [-0.25, -0.2) is 0 Å². The Labute approximate surface area is 154 Å². The number of hydrogen-bond donors (Lipinski definition) is 2. The van der Waals surface area contributed by atoms with E-state index in [1.54, 1.807) is 6.20 Å². The van der Waals surface area contributed by atoms with E-state index in [0.29, 0.717) is 5.92 Å². The summed E-state index contributed by atoms with van der Waals surface area (Å²) in [5.74, 6) is 0.615. The van der Waals surface area contributed by atoms with E-state index in [4.69, 9.17) is 0 Å². The van der Waals surface area contributed by atoms with Crippen molar-refractivity contribution in [2.45, 2.75) is 31.7 Å². The van der Waals surface area contributed by atoms with Gasteiger partial charge < -0.3 is 10.6 Å². The number of rotatable bonds is 6. The zero-order valence-electron chi connectivity index (χ0n) is 14.3. The number of nitrogens with one attached hydrogen (secondary N) is 2.